The summed E-state index contributed by atoms with van der Waals surface area (Å²) in [4.78, 5) is 23.5. The van der Waals surface area contributed by atoms with Gasteiger partial charge in [-0.2, -0.15) is 0 Å². The Morgan fingerprint density at radius 3 is 2.50 bits per heavy atom. The van der Waals surface area contributed by atoms with Gasteiger partial charge in [0.25, 0.3) is 5.91 Å². The molecule has 8 heteroatoms. The maximum Gasteiger partial charge on any atom is 0.262 e. The van der Waals surface area contributed by atoms with Crippen molar-refractivity contribution in [2.75, 3.05) is 44.2 Å². The summed E-state index contributed by atoms with van der Waals surface area (Å²) in [5.41, 5.74) is 0.537. The Kier molecular flexibility index (Phi) is 6.77. The summed E-state index contributed by atoms with van der Waals surface area (Å²) in [6.45, 7) is 5.39. The Balaban J connectivity index is 1.23. The second kappa shape index (κ2) is 9.69. The Morgan fingerprint density at radius 1 is 0.933 bits per heavy atom. The average Bonchev–Trinajstić information content (AvgIpc) is 2.89. The molecular weight excluding hydrogens is 423 g/mol. The Hall–Kier alpha value is -2.28. The van der Waals surface area contributed by atoms with Crippen LogP contribution in [0, 0.1) is 0 Å². The predicted octanol–water partition coefficient (Wildman–Crippen LogP) is 4.21. The minimum Gasteiger partial charge on any atom is -0.461 e. The third-order valence-corrected chi connectivity index (χ3v) is 5.91. The van der Waals surface area contributed by atoms with Crippen molar-refractivity contribution in [3.05, 3.63) is 64.6 Å². The van der Waals surface area contributed by atoms with Gasteiger partial charge in [0.1, 0.15) is 28.1 Å². The van der Waals surface area contributed by atoms with Crippen LogP contribution in [0.15, 0.2) is 53.9 Å². The predicted molar refractivity (Wildman–Crippen MR) is 119 cm³/mol. The fourth-order valence-electron chi connectivity index (χ4n) is 3.75. The van der Waals surface area contributed by atoms with Crippen molar-refractivity contribution < 1.29 is 9.53 Å². The van der Waals surface area contributed by atoms with Gasteiger partial charge in [0.2, 0.25) is 0 Å². The van der Waals surface area contributed by atoms with Crippen molar-refractivity contribution in [3.63, 3.8) is 0 Å². The number of halogens is 2. The molecule has 1 amide bonds. The molecule has 0 N–H and O–H groups in total. The monoisotopic (exact) mass is 446 g/mol. The molecule has 6 nitrogen and oxygen atoms in total. The van der Waals surface area contributed by atoms with E-state index >= 15 is 0 Å². The zero-order chi connectivity index (χ0) is 20.9. The van der Waals surface area contributed by atoms with Crippen LogP contribution >= 0.6 is 23.2 Å². The first-order chi connectivity index (χ1) is 14.6. The van der Waals surface area contributed by atoms with E-state index in [-0.39, 0.29) is 5.91 Å². The molecule has 1 fully saturated rings. The molecule has 30 heavy (non-hydrogen) atoms. The van der Waals surface area contributed by atoms with Gasteiger partial charge in [-0.15, -0.1) is 0 Å². The number of nitrogens with zero attached hydrogens (tertiary/aromatic N) is 4. The van der Waals surface area contributed by atoms with Crippen LogP contribution in [0.1, 0.15) is 23.2 Å². The van der Waals surface area contributed by atoms with E-state index in [1.54, 1.807) is 23.1 Å². The molecular formula is C22H24Cl2N4O2. The number of unbranched alkanes of at least 4 members (excludes halogenated alkanes) is 1. The fraction of sp³-hybridized carbons (Fsp3) is 0.364. The number of para-hydroxylation sites is 1. The highest BCUT2D eigenvalue weighted by atomic mass is 35.5. The zero-order valence-electron chi connectivity index (χ0n) is 16.6. The number of aromatic nitrogens is 1. The van der Waals surface area contributed by atoms with E-state index in [0.29, 0.717) is 28.2 Å². The number of benzene rings is 1. The van der Waals surface area contributed by atoms with E-state index in [4.69, 9.17) is 27.9 Å². The number of amides is 1. The highest BCUT2D eigenvalue weighted by Crippen LogP contribution is 2.27. The highest BCUT2D eigenvalue weighted by molar-refractivity contribution is 6.30. The van der Waals surface area contributed by atoms with Gasteiger partial charge < -0.3 is 9.64 Å². The fourth-order valence-corrected chi connectivity index (χ4v) is 4.12. The number of hydrogen-bond donors (Lipinski definition) is 0. The molecule has 1 aromatic heterocycles. The first-order valence-electron chi connectivity index (χ1n) is 10.1. The lowest BCUT2D eigenvalue weighted by molar-refractivity contribution is 0.0814. The summed E-state index contributed by atoms with van der Waals surface area (Å²) in [6, 6.07) is 12.9. The third-order valence-electron chi connectivity index (χ3n) is 5.41. The van der Waals surface area contributed by atoms with E-state index in [2.05, 4.69) is 14.8 Å². The smallest absolute Gasteiger partial charge is 0.262 e. The Morgan fingerprint density at radius 2 is 1.70 bits per heavy atom. The first kappa shape index (κ1) is 21.0. The number of pyridine rings is 1. The maximum absolute atomic E-state index is 12.8. The van der Waals surface area contributed by atoms with Crippen molar-refractivity contribution in [2.24, 2.45) is 0 Å². The van der Waals surface area contributed by atoms with E-state index in [1.807, 2.05) is 24.3 Å². The summed E-state index contributed by atoms with van der Waals surface area (Å²) >= 11 is 12.3. The van der Waals surface area contributed by atoms with Gasteiger partial charge in [-0.05, 0) is 43.7 Å². The summed E-state index contributed by atoms with van der Waals surface area (Å²) in [5, 5.41) is 0.845. The lowest BCUT2D eigenvalue weighted by Gasteiger charge is -2.35. The van der Waals surface area contributed by atoms with E-state index in [9.17, 15) is 4.79 Å². The molecule has 0 unspecified atom stereocenters. The lowest BCUT2D eigenvalue weighted by atomic mass is 10.1. The largest absolute Gasteiger partial charge is 0.461 e. The van der Waals surface area contributed by atoms with Gasteiger partial charge in [-0.3, -0.25) is 14.6 Å². The van der Waals surface area contributed by atoms with Crippen LogP contribution in [-0.2, 0) is 0 Å². The van der Waals surface area contributed by atoms with Crippen molar-refractivity contribution in [1.82, 2.24) is 14.8 Å². The van der Waals surface area contributed by atoms with Crippen LogP contribution < -0.4 is 9.64 Å². The summed E-state index contributed by atoms with van der Waals surface area (Å²) in [6.07, 6.45) is 3.30. The van der Waals surface area contributed by atoms with Crippen LogP contribution in [0.3, 0.4) is 0 Å². The van der Waals surface area contributed by atoms with Crippen LogP contribution in [0.4, 0.5) is 5.82 Å². The molecule has 4 rings (SSSR count). The van der Waals surface area contributed by atoms with Gasteiger partial charge in [0.15, 0.2) is 0 Å². The highest BCUT2D eigenvalue weighted by Gasteiger charge is 2.25. The molecule has 2 aromatic rings. The number of fused-ring (bicyclic) bond motifs is 1. The summed E-state index contributed by atoms with van der Waals surface area (Å²) < 4.78 is 5.53. The Bertz CT molecular complexity index is 929. The van der Waals surface area contributed by atoms with Gasteiger partial charge in [-0.25, -0.2) is 4.98 Å². The first-order valence-corrected chi connectivity index (χ1v) is 10.9. The van der Waals surface area contributed by atoms with Gasteiger partial charge >= 0.3 is 0 Å². The molecule has 158 valence electrons. The van der Waals surface area contributed by atoms with E-state index < -0.39 is 0 Å². The molecule has 3 heterocycles. The quantitative estimate of drug-likeness (QED) is 0.377. The van der Waals surface area contributed by atoms with Crippen molar-refractivity contribution >= 4 is 34.9 Å². The van der Waals surface area contributed by atoms with E-state index in [1.165, 1.54) is 6.26 Å². The third kappa shape index (κ3) is 4.89. The number of ether oxygens (including phenoxy) is 1. The van der Waals surface area contributed by atoms with E-state index in [0.717, 1.165) is 51.4 Å². The molecule has 0 saturated carbocycles. The molecule has 0 spiro atoms. The van der Waals surface area contributed by atoms with Gasteiger partial charge in [-0.1, -0.05) is 41.4 Å². The number of anilines is 1. The van der Waals surface area contributed by atoms with Gasteiger partial charge in [0.05, 0.1) is 5.56 Å². The molecule has 1 saturated heterocycles. The SMILES string of the molecule is O=C1c2ccccc2OC=C(Cl)N1CCCCN1CCN(c2cccc(Cl)n2)CC1. The van der Waals surface area contributed by atoms with Gasteiger partial charge in [0, 0.05) is 32.7 Å². The number of piperazine rings is 1. The minimum absolute atomic E-state index is 0.119. The van der Waals surface area contributed by atoms with Crippen LogP contribution in [0.5, 0.6) is 5.75 Å². The molecule has 1 aromatic carbocycles. The number of carbonyl (C=O) groups is 1. The molecule has 2 aliphatic heterocycles. The van der Waals surface area contributed by atoms with Crippen LogP contribution in [0.25, 0.3) is 0 Å². The number of rotatable bonds is 6. The maximum atomic E-state index is 12.8. The van der Waals surface area contributed by atoms with Crippen molar-refractivity contribution in [1.29, 1.82) is 0 Å². The van der Waals surface area contributed by atoms with Crippen LogP contribution in [-0.4, -0.2) is 60.0 Å². The zero-order valence-corrected chi connectivity index (χ0v) is 18.1. The summed E-state index contributed by atoms with van der Waals surface area (Å²) in [5.74, 6) is 1.35. The number of hydrogen-bond acceptors (Lipinski definition) is 5. The second-order valence-electron chi connectivity index (χ2n) is 7.37. The molecule has 2 aliphatic rings. The second-order valence-corrected chi connectivity index (χ2v) is 8.14. The van der Waals surface area contributed by atoms with Crippen molar-refractivity contribution in [2.45, 2.75) is 12.8 Å². The minimum atomic E-state index is -0.119. The molecule has 0 aliphatic carbocycles. The topological polar surface area (TPSA) is 48.9 Å². The lowest BCUT2D eigenvalue weighted by Crippen LogP contribution is -2.47. The normalized spacial score (nSPS) is 17.3. The standard InChI is InChI=1S/C22H24Cl2N4O2/c23-19-8-5-9-21(25-19)27-14-12-26(13-15-27)10-3-4-11-28-20(24)16-30-18-7-2-1-6-17(18)22(28)29/h1-2,5-9,16H,3-4,10-15H2. The molecule has 0 radical (unpaired) electrons. The molecule has 0 bridgehead atoms. The average molecular weight is 447 g/mol. The number of carbonyl (C=O) groups excluding carboxylic acids is 1. The molecule has 0 atom stereocenters. The van der Waals surface area contributed by atoms with Crippen molar-refractivity contribution in [3.8, 4) is 5.75 Å². The summed E-state index contributed by atoms with van der Waals surface area (Å²) in [7, 11) is 0. The Labute approximate surface area is 186 Å². The van der Waals surface area contributed by atoms with Crippen LogP contribution in [0.2, 0.25) is 5.15 Å².